The summed E-state index contributed by atoms with van der Waals surface area (Å²) < 4.78 is 5.06. The van der Waals surface area contributed by atoms with E-state index >= 15 is 0 Å². The fourth-order valence-electron chi connectivity index (χ4n) is 3.36. The highest BCUT2D eigenvalue weighted by atomic mass is 79.9. The number of hydrogen-bond donors (Lipinski definition) is 0. The quantitative estimate of drug-likeness (QED) is 0.627. The average molecular weight is 413 g/mol. The Morgan fingerprint density at radius 1 is 1.12 bits per heavy atom. The largest absolute Gasteiger partial charge is 0.328 e. The minimum atomic E-state index is -0.136. The van der Waals surface area contributed by atoms with E-state index in [4.69, 9.17) is 5.10 Å². The van der Waals surface area contributed by atoms with E-state index in [1.165, 1.54) is 0 Å². The van der Waals surface area contributed by atoms with Crippen LogP contribution in [-0.4, -0.2) is 25.2 Å². The molecule has 1 aliphatic rings. The first-order chi connectivity index (χ1) is 12.3. The van der Waals surface area contributed by atoms with E-state index in [1.807, 2.05) is 53.7 Å². The van der Waals surface area contributed by atoms with Gasteiger partial charge in [0.2, 0.25) is 0 Å². The van der Waals surface area contributed by atoms with Crippen molar-refractivity contribution in [3.8, 4) is 5.82 Å². The fraction of sp³-hybridized carbons (Fsp3) is 0.300. The number of aromatic nitrogens is 3. The molecule has 0 saturated carbocycles. The maximum atomic E-state index is 12.9. The van der Waals surface area contributed by atoms with Gasteiger partial charge in [0.25, 0.3) is 5.91 Å². The van der Waals surface area contributed by atoms with Crippen molar-refractivity contribution >= 4 is 21.8 Å². The third-order valence-corrected chi connectivity index (χ3v) is 5.07. The molecular formula is C20H21BrN4O. The number of nitrogens with zero attached hydrogens (tertiary/aromatic N) is 4. The first kappa shape index (κ1) is 17.1. The van der Waals surface area contributed by atoms with Gasteiger partial charge in [-0.15, -0.1) is 0 Å². The van der Waals surface area contributed by atoms with Crippen LogP contribution in [0.2, 0.25) is 0 Å². The Labute approximate surface area is 161 Å². The summed E-state index contributed by atoms with van der Waals surface area (Å²) in [7, 11) is 0. The van der Waals surface area contributed by atoms with Crippen LogP contribution in [0, 0.1) is 0 Å². The normalized spacial score (nSPS) is 13.9. The summed E-state index contributed by atoms with van der Waals surface area (Å²) in [4.78, 5) is 14.8. The van der Waals surface area contributed by atoms with E-state index in [0.717, 1.165) is 21.5 Å². The molecule has 0 radical (unpaired) electrons. The Balaban J connectivity index is 1.71. The van der Waals surface area contributed by atoms with Crippen molar-refractivity contribution in [2.75, 3.05) is 0 Å². The molecule has 0 fully saturated rings. The highest BCUT2D eigenvalue weighted by molar-refractivity contribution is 9.10. The highest BCUT2D eigenvalue weighted by Crippen LogP contribution is 2.32. The van der Waals surface area contributed by atoms with Gasteiger partial charge in [0, 0.05) is 28.0 Å². The topological polar surface area (TPSA) is 43.1 Å². The van der Waals surface area contributed by atoms with Crippen LogP contribution in [0.25, 0.3) is 5.82 Å². The van der Waals surface area contributed by atoms with Gasteiger partial charge in [-0.25, -0.2) is 4.68 Å². The van der Waals surface area contributed by atoms with Crippen molar-refractivity contribution in [2.45, 2.75) is 39.4 Å². The molecule has 2 aromatic heterocycles. The van der Waals surface area contributed by atoms with Crippen molar-refractivity contribution in [1.29, 1.82) is 0 Å². The van der Waals surface area contributed by atoms with E-state index in [2.05, 4.69) is 46.0 Å². The van der Waals surface area contributed by atoms with Crippen molar-refractivity contribution in [3.05, 3.63) is 70.1 Å². The first-order valence-electron chi connectivity index (χ1n) is 8.64. The zero-order chi connectivity index (χ0) is 18.5. The standard InChI is InChI=1S/C20H21BrN4O/c1-20(2,3)25-18(23-9-4-5-10-23)16-12-24(13-17(16)22-25)19(26)14-7-6-8-15(21)11-14/h4-11H,12-13H2,1-3H3. The summed E-state index contributed by atoms with van der Waals surface area (Å²) in [6, 6.07) is 11.5. The lowest BCUT2D eigenvalue weighted by atomic mass is 10.1. The minimum Gasteiger partial charge on any atom is -0.328 e. The lowest BCUT2D eigenvalue weighted by molar-refractivity contribution is 0.0748. The smallest absolute Gasteiger partial charge is 0.254 e. The predicted octanol–water partition coefficient (Wildman–Crippen LogP) is 4.35. The van der Waals surface area contributed by atoms with Crippen molar-refractivity contribution in [2.24, 2.45) is 0 Å². The molecule has 26 heavy (non-hydrogen) atoms. The number of hydrogen-bond acceptors (Lipinski definition) is 2. The summed E-state index contributed by atoms with van der Waals surface area (Å²) >= 11 is 3.44. The fourth-order valence-corrected chi connectivity index (χ4v) is 3.76. The van der Waals surface area contributed by atoms with Crippen molar-refractivity contribution in [1.82, 2.24) is 19.2 Å². The average Bonchev–Trinajstić information content (AvgIpc) is 3.28. The first-order valence-corrected chi connectivity index (χ1v) is 9.43. The van der Waals surface area contributed by atoms with E-state index < -0.39 is 0 Å². The Hall–Kier alpha value is -2.34. The Morgan fingerprint density at radius 2 is 1.85 bits per heavy atom. The molecule has 134 valence electrons. The predicted molar refractivity (Wildman–Crippen MR) is 104 cm³/mol. The van der Waals surface area contributed by atoms with E-state index in [1.54, 1.807) is 0 Å². The molecule has 0 N–H and O–H groups in total. The SMILES string of the molecule is CC(C)(C)n1nc2c(c1-n1cccc1)CN(C(=O)c1cccc(Br)c1)C2. The number of benzene rings is 1. The molecule has 0 bridgehead atoms. The minimum absolute atomic E-state index is 0.0325. The molecule has 1 aromatic carbocycles. The molecule has 1 aliphatic heterocycles. The molecule has 4 rings (SSSR count). The second-order valence-corrected chi connectivity index (χ2v) is 8.51. The lowest BCUT2D eigenvalue weighted by Crippen LogP contribution is -2.29. The summed E-state index contributed by atoms with van der Waals surface area (Å²) in [5, 5.41) is 4.85. The molecule has 1 amide bonds. The van der Waals surface area contributed by atoms with Gasteiger partial charge in [0.15, 0.2) is 0 Å². The Kier molecular flexibility index (Phi) is 4.03. The summed E-state index contributed by atoms with van der Waals surface area (Å²) in [6.45, 7) is 7.55. The number of amides is 1. The number of halogens is 1. The van der Waals surface area contributed by atoms with Crippen LogP contribution in [0.4, 0.5) is 0 Å². The van der Waals surface area contributed by atoms with E-state index in [9.17, 15) is 4.79 Å². The molecule has 0 spiro atoms. The summed E-state index contributed by atoms with van der Waals surface area (Å²) in [5.74, 6) is 1.08. The molecule has 0 saturated heterocycles. The molecule has 5 nitrogen and oxygen atoms in total. The highest BCUT2D eigenvalue weighted by Gasteiger charge is 2.33. The molecule has 0 aliphatic carbocycles. The Bertz CT molecular complexity index is 966. The van der Waals surface area contributed by atoms with Gasteiger partial charge in [-0.3, -0.25) is 4.79 Å². The van der Waals surface area contributed by atoms with Gasteiger partial charge in [0.1, 0.15) is 5.82 Å². The maximum Gasteiger partial charge on any atom is 0.254 e. The zero-order valence-corrected chi connectivity index (χ0v) is 16.7. The monoisotopic (exact) mass is 412 g/mol. The van der Waals surface area contributed by atoms with Crippen LogP contribution < -0.4 is 0 Å². The second kappa shape index (κ2) is 6.13. The second-order valence-electron chi connectivity index (χ2n) is 7.59. The zero-order valence-electron chi connectivity index (χ0n) is 15.1. The molecule has 3 heterocycles. The Morgan fingerprint density at radius 3 is 2.50 bits per heavy atom. The summed E-state index contributed by atoms with van der Waals surface area (Å²) in [5.41, 5.74) is 2.66. The van der Waals surface area contributed by atoms with Crippen molar-refractivity contribution < 1.29 is 4.79 Å². The molecule has 3 aromatic rings. The van der Waals surface area contributed by atoms with Crippen LogP contribution >= 0.6 is 15.9 Å². The van der Waals surface area contributed by atoms with Gasteiger partial charge in [-0.1, -0.05) is 22.0 Å². The molecule has 6 heteroatoms. The van der Waals surface area contributed by atoms with Gasteiger partial charge in [-0.05, 0) is 51.1 Å². The maximum absolute atomic E-state index is 12.9. The number of fused-ring (bicyclic) bond motifs is 1. The van der Waals surface area contributed by atoms with Crippen LogP contribution in [0.1, 0.15) is 42.4 Å². The molecule has 0 atom stereocenters. The third-order valence-electron chi connectivity index (χ3n) is 4.57. The third kappa shape index (κ3) is 2.88. The van der Waals surface area contributed by atoms with E-state index in [-0.39, 0.29) is 11.4 Å². The lowest BCUT2D eigenvalue weighted by Gasteiger charge is -2.24. The van der Waals surface area contributed by atoms with Gasteiger partial charge in [0.05, 0.1) is 24.3 Å². The van der Waals surface area contributed by atoms with Gasteiger partial charge in [-0.2, -0.15) is 5.10 Å². The van der Waals surface area contributed by atoms with Gasteiger partial charge >= 0.3 is 0 Å². The van der Waals surface area contributed by atoms with Crippen molar-refractivity contribution in [3.63, 3.8) is 0 Å². The number of carbonyl (C=O) groups is 1. The van der Waals surface area contributed by atoms with Crippen LogP contribution in [-0.2, 0) is 18.6 Å². The number of carbonyl (C=O) groups excluding carboxylic acids is 1. The molecule has 0 unspecified atom stereocenters. The van der Waals surface area contributed by atoms with Crippen LogP contribution in [0.5, 0.6) is 0 Å². The van der Waals surface area contributed by atoms with Crippen LogP contribution in [0.3, 0.4) is 0 Å². The number of rotatable bonds is 2. The summed E-state index contributed by atoms with van der Waals surface area (Å²) in [6.07, 6.45) is 4.05. The van der Waals surface area contributed by atoms with Crippen LogP contribution in [0.15, 0.2) is 53.3 Å². The van der Waals surface area contributed by atoms with E-state index in [0.29, 0.717) is 18.7 Å². The molecular weight excluding hydrogens is 392 g/mol. The van der Waals surface area contributed by atoms with Gasteiger partial charge < -0.3 is 9.47 Å².